The lowest BCUT2D eigenvalue weighted by atomic mass is 10.1. The fourth-order valence-electron chi connectivity index (χ4n) is 3.54. The highest BCUT2D eigenvalue weighted by Gasteiger charge is 2.39. The van der Waals surface area contributed by atoms with Crippen LogP contribution in [-0.2, 0) is 10.0 Å². The van der Waals surface area contributed by atoms with Crippen molar-refractivity contribution in [3.8, 4) is 23.1 Å². The molecule has 12 heteroatoms. The van der Waals surface area contributed by atoms with Crippen LogP contribution in [0.1, 0.15) is 18.1 Å². The molecule has 0 aliphatic carbocycles. The maximum absolute atomic E-state index is 14.8. The fraction of sp³-hybridized carbons (Fsp3) is 0.174. The summed E-state index contributed by atoms with van der Waals surface area (Å²) >= 11 is 0. The van der Waals surface area contributed by atoms with Crippen LogP contribution in [0.4, 0.5) is 17.6 Å². The van der Waals surface area contributed by atoms with E-state index in [1.54, 1.807) is 30.0 Å². The molecule has 7 nitrogen and oxygen atoms in total. The summed E-state index contributed by atoms with van der Waals surface area (Å²) in [5.41, 5.74) is 1.52. The van der Waals surface area contributed by atoms with Crippen LogP contribution >= 0.6 is 0 Å². The highest BCUT2D eigenvalue weighted by molar-refractivity contribution is 7.89. The summed E-state index contributed by atoms with van der Waals surface area (Å²) in [5, 5.41) is 10.4. The van der Waals surface area contributed by atoms with Gasteiger partial charge in [-0.1, -0.05) is 12.1 Å². The van der Waals surface area contributed by atoms with E-state index in [4.69, 9.17) is 0 Å². The molecule has 1 atom stereocenters. The fourth-order valence-corrected chi connectivity index (χ4v) is 4.71. The van der Waals surface area contributed by atoms with Gasteiger partial charge in [0.05, 0.1) is 22.6 Å². The smallest absolute Gasteiger partial charge is 0.288 e. The predicted molar refractivity (Wildman–Crippen MR) is 120 cm³/mol. The van der Waals surface area contributed by atoms with Crippen molar-refractivity contribution in [2.24, 2.45) is 0 Å². The molecule has 4 rings (SSSR count). The Balaban J connectivity index is 1.90. The first-order chi connectivity index (χ1) is 16.4. The van der Waals surface area contributed by atoms with Gasteiger partial charge in [-0.3, -0.25) is 9.55 Å². The number of nitrogens with zero attached hydrogens (tertiary/aromatic N) is 4. The molecule has 4 aromatic rings. The lowest BCUT2D eigenvalue weighted by Gasteiger charge is -2.17. The first-order valence-corrected chi connectivity index (χ1v) is 11.6. The summed E-state index contributed by atoms with van der Waals surface area (Å²) in [6.45, 7) is 2.46. The van der Waals surface area contributed by atoms with Crippen molar-refractivity contribution >= 4 is 21.1 Å². The van der Waals surface area contributed by atoms with Gasteiger partial charge >= 0.3 is 6.18 Å². The predicted octanol–water partition coefficient (Wildman–Crippen LogP) is 4.64. The van der Waals surface area contributed by atoms with Crippen molar-refractivity contribution in [1.29, 1.82) is 5.26 Å². The summed E-state index contributed by atoms with van der Waals surface area (Å²) in [6, 6.07) is 9.62. The second kappa shape index (κ2) is 8.75. The largest absolute Gasteiger partial charge is 0.404 e. The number of halogens is 4. The normalized spacial score (nSPS) is 13.1. The van der Waals surface area contributed by atoms with E-state index in [1.165, 1.54) is 28.8 Å². The zero-order valence-corrected chi connectivity index (χ0v) is 19.1. The van der Waals surface area contributed by atoms with Crippen molar-refractivity contribution in [2.45, 2.75) is 31.0 Å². The number of pyridine rings is 2. The lowest BCUT2D eigenvalue weighted by Crippen LogP contribution is -2.42. The molecule has 0 saturated carbocycles. The number of alkyl halides is 3. The lowest BCUT2D eigenvalue weighted by molar-refractivity contribution is -0.147. The number of fused-ring (bicyclic) bond motifs is 1. The van der Waals surface area contributed by atoms with Gasteiger partial charge in [-0.15, -0.1) is 0 Å². The van der Waals surface area contributed by atoms with E-state index in [9.17, 15) is 31.2 Å². The number of sulfonamides is 1. The number of rotatable bonds is 5. The molecule has 0 amide bonds. The number of benzene rings is 1. The van der Waals surface area contributed by atoms with E-state index in [-0.39, 0.29) is 28.3 Å². The van der Waals surface area contributed by atoms with Crippen molar-refractivity contribution in [3.05, 3.63) is 71.8 Å². The average molecular weight is 503 g/mol. The van der Waals surface area contributed by atoms with E-state index in [0.717, 1.165) is 17.8 Å². The minimum absolute atomic E-state index is 0.0875. The molecule has 0 spiro atoms. The monoisotopic (exact) mass is 503 g/mol. The van der Waals surface area contributed by atoms with Gasteiger partial charge in [0.1, 0.15) is 28.5 Å². The van der Waals surface area contributed by atoms with Gasteiger partial charge in [0.2, 0.25) is 10.0 Å². The minimum Gasteiger partial charge on any atom is -0.288 e. The summed E-state index contributed by atoms with van der Waals surface area (Å²) in [6.07, 6.45) is -2.33. The second-order valence-electron chi connectivity index (χ2n) is 7.77. The average Bonchev–Trinajstić information content (AvgIpc) is 3.11. The summed E-state index contributed by atoms with van der Waals surface area (Å²) in [7, 11) is -4.53. The number of nitrogens with one attached hydrogen (secondary N) is 1. The zero-order chi connectivity index (χ0) is 25.5. The maximum Gasteiger partial charge on any atom is 0.404 e. The Morgan fingerprint density at radius 3 is 2.43 bits per heavy atom. The Hall–Kier alpha value is -3.82. The molecule has 0 aliphatic rings. The molecule has 0 bridgehead atoms. The number of nitriles is 1. The number of aromatic nitrogens is 3. The van der Waals surface area contributed by atoms with E-state index >= 15 is 0 Å². The molecule has 1 N–H and O–H groups in total. The van der Waals surface area contributed by atoms with Crippen molar-refractivity contribution in [1.82, 2.24) is 19.3 Å². The first kappa shape index (κ1) is 24.3. The Morgan fingerprint density at radius 1 is 1.11 bits per heavy atom. The third-order valence-corrected chi connectivity index (χ3v) is 6.79. The standard InChI is InChI=1S/C23H17F4N5O2S/c1-13-9-16-17(10-28)21(32(22(16)30-11-13)20-6-4-3-5-18(20)24)19-8-7-15(12-29-19)35(33,34)31-14(2)23(25,26)27/h3-9,11-12,14,31H,1-2H3. The van der Waals surface area contributed by atoms with Crippen LogP contribution in [0.5, 0.6) is 0 Å². The van der Waals surface area contributed by atoms with Gasteiger partial charge in [0.15, 0.2) is 0 Å². The zero-order valence-electron chi connectivity index (χ0n) is 18.3. The summed E-state index contributed by atoms with van der Waals surface area (Å²) in [5.74, 6) is -0.595. The van der Waals surface area contributed by atoms with Crippen LogP contribution < -0.4 is 4.72 Å². The highest BCUT2D eigenvalue weighted by atomic mass is 32.2. The second-order valence-corrected chi connectivity index (χ2v) is 9.48. The minimum atomic E-state index is -4.77. The van der Waals surface area contributed by atoms with E-state index in [2.05, 4.69) is 16.0 Å². The number of hydrogen-bond acceptors (Lipinski definition) is 5. The molecule has 0 radical (unpaired) electrons. The molecular weight excluding hydrogens is 486 g/mol. The van der Waals surface area contributed by atoms with E-state index in [0.29, 0.717) is 12.3 Å². The van der Waals surface area contributed by atoms with Crippen LogP contribution in [0.25, 0.3) is 28.1 Å². The molecular formula is C23H17F4N5O2S. The molecule has 0 saturated heterocycles. The van der Waals surface area contributed by atoms with Gasteiger partial charge in [0.25, 0.3) is 0 Å². The van der Waals surface area contributed by atoms with Gasteiger partial charge in [-0.25, -0.2) is 17.8 Å². The van der Waals surface area contributed by atoms with Crippen LogP contribution in [0.3, 0.4) is 0 Å². The highest BCUT2D eigenvalue weighted by Crippen LogP contribution is 2.35. The van der Waals surface area contributed by atoms with Crippen molar-refractivity contribution in [3.63, 3.8) is 0 Å². The third kappa shape index (κ3) is 4.48. The summed E-state index contributed by atoms with van der Waals surface area (Å²) in [4.78, 5) is 7.97. The molecule has 0 aliphatic heterocycles. The van der Waals surface area contributed by atoms with Gasteiger partial charge in [-0.05, 0) is 49.7 Å². The van der Waals surface area contributed by atoms with Gasteiger partial charge in [0, 0.05) is 17.8 Å². The Bertz CT molecular complexity index is 1570. The molecule has 0 fully saturated rings. The Labute approximate surface area is 197 Å². The van der Waals surface area contributed by atoms with Crippen molar-refractivity contribution in [2.75, 3.05) is 0 Å². The van der Waals surface area contributed by atoms with Crippen LogP contribution in [0, 0.1) is 24.1 Å². The molecule has 3 aromatic heterocycles. The summed E-state index contributed by atoms with van der Waals surface area (Å²) < 4.78 is 81.0. The van der Waals surface area contributed by atoms with Crippen LogP contribution in [-0.4, -0.2) is 35.2 Å². The topological polar surface area (TPSA) is 101 Å². The quantitative estimate of drug-likeness (QED) is 0.400. The molecule has 1 unspecified atom stereocenters. The number of aryl methyl sites for hydroxylation is 1. The van der Waals surface area contributed by atoms with Crippen LogP contribution in [0.2, 0.25) is 0 Å². The maximum atomic E-state index is 14.8. The Kier molecular flexibility index (Phi) is 6.08. The molecule has 1 aromatic carbocycles. The SMILES string of the molecule is Cc1cnc2c(c1)c(C#N)c(-c1ccc(S(=O)(=O)NC(C)C(F)(F)F)cn1)n2-c1ccccc1F. The molecule has 180 valence electrons. The molecule has 35 heavy (non-hydrogen) atoms. The number of hydrogen-bond donors (Lipinski definition) is 1. The van der Waals surface area contributed by atoms with E-state index < -0.39 is 33.0 Å². The van der Waals surface area contributed by atoms with Crippen LogP contribution in [0.15, 0.2) is 59.8 Å². The first-order valence-electron chi connectivity index (χ1n) is 10.2. The van der Waals surface area contributed by atoms with Gasteiger partial charge in [-0.2, -0.15) is 23.2 Å². The number of para-hydroxylation sites is 1. The van der Waals surface area contributed by atoms with Gasteiger partial charge < -0.3 is 0 Å². The molecule has 3 heterocycles. The third-order valence-electron chi connectivity index (χ3n) is 5.26. The van der Waals surface area contributed by atoms with Crippen molar-refractivity contribution < 1.29 is 26.0 Å². The van der Waals surface area contributed by atoms with E-state index in [1.807, 2.05) is 0 Å². The Morgan fingerprint density at radius 2 is 1.83 bits per heavy atom.